The third kappa shape index (κ3) is 4.84. The molecule has 0 spiro atoms. The van der Waals surface area contributed by atoms with E-state index in [1.807, 2.05) is 13.8 Å². The van der Waals surface area contributed by atoms with Gasteiger partial charge in [0.25, 0.3) is 0 Å². The molecule has 2 nitrogen and oxygen atoms in total. The van der Waals surface area contributed by atoms with Crippen molar-refractivity contribution in [3.05, 3.63) is 35.4 Å². The van der Waals surface area contributed by atoms with Crippen LogP contribution in [0.5, 0.6) is 0 Å². The highest BCUT2D eigenvalue weighted by atomic mass is 19.4. The van der Waals surface area contributed by atoms with Gasteiger partial charge in [-0.2, -0.15) is 13.2 Å². The molecule has 5 heteroatoms. The molecule has 0 fully saturated rings. The Morgan fingerprint density at radius 2 is 1.74 bits per heavy atom. The molecular weight excluding hydrogens is 255 g/mol. The number of rotatable bonds is 6. The quantitative estimate of drug-likeness (QED) is 0.803. The van der Waals surface area contributed by atoms with Crippen LogP contribution in [0.2, 0.25) is 0 Å². The molecule has 0 saturated heterocycles. The van der Waals surface area contributed by atoms with Crippen molar-refractivity contribution >= 4 is 0 Å². The van der Waals surface area contributed by atoms with Crippen LogP contribution in [0.15, 0.2) is 24.3 Å². The molecule has 19 heavy (non-hydrogen) atoms. The third-order valence-corrected chi connectivity index (χ3v) is 3.29. The number of hydrogen-bond acceptors (Lipinski definition) is 2. The van der Waals surface area contributed by atoms with E-state index in [0.29, 0.717) is 6.61 Å². The highest BCUT2D eigenvalue weighted by molar-refractivity contribution is 5.27. The fourth-order valence-electron chi connectivity index (χ4n) is 1.83. The van der Waals surface area contributed by atoms with Gasteiger partial charge in [-0.05, 0) is 30.5 Å². The lowest BCUT2D eigenvalue weighted by Crippen LogP contribution is -2.33. The maximum atomic E-state index is 12.5. The fourth-order valence-corrected chi connectivity index (χ4v) is 1.83. The van der Waals surface area contributed by atoms with Crippen molar-refractivity contribution in [3.63, 3.8) is 0 Å². The second kappa shape index (κ2) is 6.91. The third-order valence-electron chi connectivity index (χ3n) is 3.29. The minimum Gasteiger partial charge on any atom is -0.383 e. The molecule has 0 amide bonds. The van der Waals surface area contributed by atoms with Crippen molar-refractivity contribution in [2.24, 2.45) is 0 Å². The van der Waals surface area contributed by atoms with Crippen molar-refractivity contribution in [2.45, 2.75) is 32.0 Å². The molecule has 1 rings (SSSR count). The maximum Gasteiger partial charge on any atom is 0.416 e. The van der Waals surface area contributed by atoms with Crippen molar-refractivity contribution < 1.29 is 17.9 Å². The Morgan fingerprint density at radius 1 is 1.16 bits per heavy atom. The minimum atomic E-state index is -4.27. The molecule has 1 aromatic rings. The van der Waals surface area contributed by atoms with Gasteiger partial charge < -0.3 is 10.1 Å². The van der Waals surface area contributed by atoms with Crippen molar-refractivity contribution in [2.75, 3.05) is 20.3 Å². The van der Waals surface area contributed by atoms with E-state index < -0.39 is 11.7 Å². The van der Waals surface area contributed by atoms with E-state index >= 15 is 0 Å². The molecule has 0 saturated carbocycles. The monoisotopic (exact) mass is 275 g/mol. The molecular formula is C14H20F3NO. The smallest absolute Gasteiger partial charge is 0.383 e. The summed E-state index contributed by atoms with van der Waals surface area (Å²) < 4.78 is 42.3. The lowest BCUT2D eigenvalue weighted by Gasteiger charge is -2.22. The number of alkyl halides is 3. The van der Waals surface area contributed by atoms with Gasteiger partial charge >= 0.3 is 6.18 Å². The van der Waals surface area contributed by atoms with E-state index in [2.05, 4.69) is 5.32 Å². The average molecular weight is 275 g/mol. The van der Waals surface area contributed by atoms with Gasteiger partial charge in [0.15, 0.2) is 0 Å². The summed E-state index contributed by atoms with van der Waals surface area (Å²) in [5, 5.41) is 3.28. The second-order valence-corrected chi connectivity index (χ2v) is 4.64. The molecule has 0 bridgehead atoms. The predicted octanol–water partition coefficient (Wildman–Crippen LogP) is 3.43. The summed E-state index contributed by atoms with van der Waals surface area (Å²) in [7, 11) is 1.63. The second-order valence-electron chi connectivity index (χ2n) is 4.64. The van der Waals surface area contributed by atoms with E-state index in [9.17, 15) is 13.2 Å². The highest BCUT2D eigenvalue weighted by Gasteiger charge is 2.30. The molecule has 0 aromatic heterocycles. The van der Waals surface area contributed by atoms with Crippen LogP contribution in [0.1, 0.15) is 30.9 Å². The Balaban J connectivity index is 2.64. The van der Waals surface area contributed by atoms with E-state index in [0.717, 1.165) is 24.2 Å². The topological polar surface area (TPSA) is 21.3 Å². The zero-order valence-corrected chi connectivity index (χ0v) is 11.4. The first kappa shape index (κ1) is 16.0. The van der Waals surface area contributed by atoms with E-state index in [1.165, 1.54) is 0 Å². The molecule has 0 aliphatic rings. The number of nitrogens with one attached hydrogen (secondary N) is 1. The summed E-state index contributed by atoms with van der Waals surface area (Å²) in [5.41, 5.74) is 0.286. The minimum absolute atomic E-state index is 0.138. The van der Waals surface area contributed by atoms with Crippen LogP contribution in [0.3, 0.4) is 0 Å². The fraction of sp³-hybridized carbons (Fsp3) is 0.571. The summed E-state index contributed by atoms with van der Waals surface area (Å²) in [5.74, 6) is 0.138. The Bertz CT molecular complexity index is 375. The molecule has 108 valence electrons. The van der Waals surface area contributed by atoms with Gasteiger partial charge in [-0.15, -0.1) is 0 Å². The van der Waals surface area contributed by atoms with Crippen LogP contribution in [0.4, 0.5) is 13.2 Å². The molecule has 2 unspecified atom stereocenters. The number of benzene rings is 1. The number of halogens is 3. The van der Waals surface area contributed by atoms with Gasteiger partial charge in [0.1, 0.15) is 0 Å². The van der Waals surface area contributed by atoms with Crippen LogP contribution in [0, 0.1) is 0 Å². The molecule has 0 aliphatic carbocycles. The van der Waals surface area contributed by atoms with Crippen LogP contribution < -0.4 is 5.32 Å². The van der Waals surface area contributed by atoms with Gasteiger partial charge in [-0.1, -0.05) is 19.1 Å². The summed E-state index contributed by atoms with van der Waals surface area (Å²) in [6.07, 6.45) is -4.27. The summed E-state index contributed by atoms with van der Waals surface area (Å²) >= 11 is 0. The van der Waals surface area contributed by atoms with Crippen LogP contribution in [0.25, 0.3) is 0 Å². The zero-order chi connectivity index (χ0) is 14.5. The molecule has 1 aromatic carbocycles. The Hall–Kier alpha value is -1.07. The van der Waals surface area contributed by atoms with E-state index in [-0.39, 0.29) is 12.0 Å². The first-order valence-corrected chi connectivity index (χ1v) is 6.25. The summed E-state index contributed by atoms with van der Waals surface area (Å²) in [6, 6.07) is 5.53. The number of ether oxygens (including phenoxy) is 1. The highest BCUT2D eigenvalue weighted by Crippen LogP contribution is 2.30. The van der Waals surface area contributed by atoms with Crippen LogP contribution in [-0.2, 0) is 10.9 Å². The predicted molar refractivity (Wildman–Crippen MR) is 69.2 cm³/mol. The van der Waals surface area contributed by atoms with Gasteiger partial charge in [-0.25, -0.2) is 0 Å². The van der Waals surface area contributed by atoms with Gasteiger partial charge in [0.05, 0.1) is 12.2 Å². The van der Waals surface area contributed by atoms with E-state index in [1.54, 1.807) is 19.2 Å². The summed E-state index contributed by atoms with van der Waals surface area (Å²) in [6.45, 7) is 5.35. The first-order valence-electron chi connectivity index (χ1n) is 6.25. The molecule has 0 aliphatic heterocycles. The molecule has 0 radical (unpaired) electrons. The lowest BCUT2D eigenvalue weighted by atomic mass is 9.93. The first-order chi connectivity index (χ1) is 8.86. The van der Waals surface area contributed by atoms with Crippen molar-refractivity contribution in [1.29, 1.82) is 0 Å². The normalized spacial score (nSPS) is 15.3. The van der Waals surface area contributed by atoms with Crippen molar-refractivity contribution in [3.8, 4) is 0 Å². The Kier molecular flexibility index (Phi) is 5.82. The molecule has 2 atom stereocenters. The zero-order valence-electron chi connectivity index (χ0n) is 11.4. The van der Waals surface area contributed by atoms with Crippen molar-refractivity contribution in [1.82, 2.24) is 5.32 Å². The Morgan fingerprint density at radius 3 is 2.21 bits per heavy atom. The maximum absolute atomic E-state index is 12.5. The van der Waals surface area contributed by atoms with Gasteiger partial charge in [0.2, 0.25) is 0 Å². The van der Waals surface area contributed by atoms with Crippen LogP contribution in [-0.4, -0.2) is 26.3 Å². The van der Waals surface area contributed by atoms with Gasteiger partial charge in [-0.3, -0.25) is 0 Å². The number of hydrogen-bond donors (Lipinski definition) is 1. The van der Waals surface area contributed by atoms with Gasteiger partial charge in [0, 0.05) is 19.7 Å². The average Bonchev–Trinajstić information content (AvgIpc) is 2.37. The molecule has 1 N–H and O–H groups in total. The van der Waals surface area contributed by atoms with E-state index in [4.69, 9.17) is 4.74 Å². The standard InChI is InChI=1S/C14H20F3NO/c1-10(11(2)18-8-9-19-3)12-4-6-13(7-5-12)14(15,16)17/h4-7,10-11,18H,8-9H2,1-3H3. The molecule has 0 heterocycles. The summed E-state index contributed by atoms with van der Waals surface area (Å²) in [4.78, 5) is 0. The largest absolute Gasteiger partial charge is 0.416 e. The lowest BCUT2D eigenvalue weighted by molar-refractivity contribution is -0.137. The Labute approximate surface area is 112 Å². The van der Waals surface area contributed by atoms with Crippen LogP contribution >= 0.6 is 0 Å². The SMILES string of the molecule is COCCNC(C)C(C)c1ccc(C(F)(F)F)cc1. The number of methoxy groups -OCH3 is 1.